The zero-order valence-corrected chi connectivity index (χ0v) is 14.4. The number of carbonyl (C=O) groups is 2. The number of alkyl halides is 3. The van der Waals surface area contributed by atoms with Gasteiger partial charge in [-0.05, 0) is 36.4 Å². The van der Waals surface area contributed by atoms with E-state index in [4.69, 9.17) is 0 Å². The van der Waals surface area contributed by atoms with Crippen LogP contribution in [0.3, 0.4) is 0 Å². The summed E-state index contributed by atoms with van der Waals surface area (Å²) < 4.78 is 39.2. The molecular weight excluding hydrogens is 401 g/mol. The predicted octanol–water partition coefficient (Wildman–Crippen LogP) is 4.48. The summed E-state index contributed by atoms with van der Waals surface area (Å²) in [5, 5.41) is 0. The molecule has 0 unspecified atom stereocenters. The summed E-state index contributed by atoms with van der Waals surface area (Å²) in [5.74, 6) is -1.17. The van der Waals surface area contributed by atoms with E-state index in [1.54, 1.807) is 18.2 Å². The number of hydrogen-bond donors (Lipinski definition) is 0. The minimum absolute atomic E-state index is 0.0190. The molecule has 2 amide bonds. The van der Waals surface area contributed by atoms with E-state index in [1.807, 2.05) is 0 Å². The largest absolute Gasteiger partial charge is 0.416 e. The Morgan fingerprint density at radius 1 is 1.16 bits per heavy atom. The first-order chi connectivity index (χ1) is 11.7. The molecule has 0 radical (unpaired) electrons. The van der Waals surface area contributed by atoms with Crippen LogP contribution < -0.4 is 4.90 Å². The van der Waals surface area contributed by atoms with Crippen molar-refractivity contribution in [2.75, 3.05) is 4.90 Å². The van der Waals surface area contributed by atoms with Gasteiger partial charge >= 0.3 is 6.18 Å². The van der Waals surface area contributed by atoms with E-state index < -0.39 is 23.6 Å². The molecule has 1 aliphatic heterocycles. The summed E-state index contributed by atoms with van der Waals surface area (Å²) in [7, 11) is 0. The van der Waals surface area contributed by atoms with Crippen LogP contribution in [0.5, 0.6) is 0 Å². The molecule has 128 valence electrons. The van der Waals surface area contributed by atoms with E-state index in [2.05, 4.69) is 20.9 Å². The fourth-order valence-corrected chi connectivity index (χ4v) is 2.89. The highest BCUT2D eigenvalue weighted by Crippen LogP contribution is 2.35. The molecule has 0 saturated heterocycles. The molecule has 0 saturated carbocycles. The van der Waals surface area contributed by atoms with Gasteiger partial charge in [0.1, 0.15) is 5.71 Å². The van der Waals surface area contributed by atoms with E-state index in [9.17, 15) is 22.8 Å². The van der Waals surface area contributed by atoms with Crippen molar-refractivity contribution in [2.45, 2.75) is 13.1 Å². The minimum Gasteiger partial charge on any atom is -0.274 e. The number of aliphatic imine (C=N–C) groups is 1. The van der Waals surface area contributed by atoms with Gasteiger partial charge in [0.15, 0.2) is 0 Å². The molecule has 0 fully saturated rings. The second kappa shape index (κ2) is 6.11. The van der Waals surface area contributed by atoms with Crippen molar-refractivity contribution in [2.24, 2.45) is 4.99 Å². The van der Waals surface area contributed by atoms with Gasteiger partial charge in [-0.25, -0.2) is 9.89 Å². The van der Waals surface area contributed by atoms with Crippen LogP contribution in [-0.2, 0) is 15.8 Å². The molecule has 0 atom stereocenters. The number of halogens is 4. The van der Waals surface area contributed by atoms with E-state index in [-0.39, 0.29) is 11.4 Å². The minimum atomic E-state index is -4.51. The van der Waals surface area contributed by atoms with Gasteiger partial charge in [-0.2, -0.15) is 13.2 Å². The lowest BCUT2D eigenvalue weighted by Gasteiger charge is -2.11. The molecule has 4 nitrogen and oxygen atoms in total. The Balaban J connectivity index is 2.15. The molecule has 0 N–H and O–H groups in total. The van der Waals surface area contributed by atoms with Crippen molar-refractivity contribution >= 4 is 44.8 Å². The lowest BCUT2D eigenvalue weighted by Crippen LogP contribution is -2.34. The van der Waals surface area contributed by atoms with E-state index in [1.165, 1.54) is 19.1 Å². The number of anilines is 1. The van der Waals surface area contributed by atoms with E-state index in [0.717, 1.165) is 17.0 Å². The molecule has 1 heterocycles. The number of hydrogen-bond acceptors (Lipinski definition) is 3. The van der Waals surface area contributed by atoms with Crippen LogP contribution >= 0.6 is 15.9 Å². The van der Waals surface area contributed by atoms with Gasteiger partial charge in [0.05, 0.1) is 16.9 Å². The van der Waals surface area contributed by atoms with Gasteiger partial charge in [-0.1, -0.05) is 22.0 Å². The zero-order valence-electron chi connectivity index (χ0n) is 12.8. The molecule has 8 heteroatoms. The Morgan fingerprint density at radius 3 is 2.52 bits per heavy atom. The standard InChI is InChI=1S/C17H10BrF3N2O2/c1-9(24)23-14-6-5-11(18)8-13(14)15(16(23)25)22-12-4-2-3-10(7-12)17(19,20)21/h2-8H,1H3. The average molecular weight is 411 g/mol. The Labute approximate surface area is 149 Å². The number of carbonyl (C=O) groups excluding carboxylic acids is 2. The molecular formula is C17H10BrF3N2O2. The van der Waals surface area contributed by atoms with Crippen molar-refractivity contribution in [1.82, 2.24) is 0 Å². The summed E-state index contributed by atoms with van der Waals surface area (Å²) >= 11 is 3.27. The summed E-state index contributed by atoms with van der Waals surface area (Å²) in [6.45, 7) is 1.23. The second-order valence-electron chi connectivity index (χ2n) is 5.33. The number of amides is 2. The SMILES string of the molecule is CC(=O)N1C(=O)C(=Nc2cccc(C(F)(F)F)c2)c2cc(Br)ccc21. The van der Waals surface area contributed by atoms with E-state index >= 15 is 0 Å². The highest BCUT2D eigenvalue weighted by molar-refractivity contribution is 9.10. The van der Waals surface area contributed by atoms with Gasteiger partial charge in [-0.15, -0.1) is 0 Å². The highest BCUT2D eigenvalue weighted by atomic mass is 79.9. The maximum Gasteiger partial charge on any atom is 0.416 e. The molecule has 2 aromatic carbocycles. The maximum absolute atomic E-state index is 12.8. The number of nitrogens with zero attached hydrogens (tertiary/aromatic N) is 2. The van der Waals surface area contributed by atoms with Crippen molar-refractivity contribution < 1.29 is 22.8 Å². The van der Waals surface area contributed by atoms with Crippen LogP contribution in [0.4, 0.5) is 24.5 Å². The molecule has 0 aromatic heterocycles. The molecule has 0 spiro atoms. The quantitative estimate of drug-likeness (QED) is 0.695. The molecule has 1 aliphatic rings. The molecule has 0 bridgehead atoms. The zero-order chi connectivity index (χ0) is 18.4. The summed E-state index contributed by atoms with van der Waals surface area (Å²) in [6, 6.07) is 9.20. The molecule has 2 aromatic rings. The van der Waals surface area contributed by atoms with Crippen LogP contribution in [-0.4, -0.2) is 17.5 Å². The molecule has 3 rings (SSSR count). The number of fused-ring (bicyclic) bond motifs is 1. The van der Waals surface area contributed by atoms with Gasteiger partial charge in [0.2, 0.25) is 5.91 Å². The maximum atomic E-state index is 12.8. The van der Waals surface area contributed by atoms with E-state index in [0.29, 0.717) is 15.7 Å². The van der Waals surface area contributed by atoms with Gasteiger partial charge < -0.3 is 0 Å². The predicted molar refractivity (Wildman–Crippen MR) is 90.0 cm³/mol. The molecule has 0 aliphatic carbocycles. The Bertz CT molecular complexity index is 922. The normalized spacial score (nSPS) is 15.6. The smallest absolute Gasteiger partial charge is 0.274 e. The first-order valence-corrected chi connectivity index (χ1v) is 7.88. The molecule has 25 heavy (non-hydrogen) atoms. The second-order valence-corrected chi connectivity index (χ2v) is 6.25. The van der Waals surface area contributed by atoms with Crippen LogP contribution in [0.25, 0.3) is 0 Å². The third kappa shape index (κ3) is 3.21. The Morgan fingerprint density at radius 2 is 1.88 bits per heavy atom. The monoisotopic (exact) mass is 410 g/mol. The van der Waals surface area contributed by atoms with Crippen LogP contribution in [0.1, 0.15) is 18.1 Å². The number of rotatable bonds is 1. The Kier molecular flexibility index (Phi) is 4.24. The van der Waals surface area contributed by atoms with Crippen LogP contribution in [0.15, 0.2) is 51.9 Å². The third-order valence-electron chi connectivity index (χ3n) is 3.59. The van der Waals surface area contributed by atoms with Crippen molar-refractivity contribution in [3.05, 3.63) is 58.1 Å². The average Bonchev–Trinajstić information content (AvgIpc) is 2.79. The van der Waals surface area contributed by atoms with Crippen LogP contribution in [0.2, 0.25) is 0 Å². The summed E-state index contributed by atoms with van der Waals surface area (Å²) in [4.78, 5) is 29.3. The summed E-state index contributed by atoms with van der Waals surface area (Å²) in [5.41, 5.74) is -0.226. The van der Waals surface area contributed by atoms with Crippen molar-refractivity contribution in [3.63, 3.8) is 0 Å². The topological polar surface area (TPSA) is 49.7 Å². The van der Waals surface area contributed by atoms with Gasteiger partial charge in [0.25, 0.3) is 5.91 Å². The van der Waals surface area contributed by atoms with Gasteiger partial charge in [-0.3, -0.25) is 9.59 Å². The first kappa shape index (κ1) is 17.3. The van der Waals surface area contributed by atoms with Crippen molar-refractivity contribution in [1.29, 1.82) is 0 Å². The van der Waals surface area contributed by atoms with Crippen LogP contribution in [0, 0.1) is 0 Å². The lowest BCUT2D eigenvalue weighted by atomic mass is 10.1. The third-order valence-corrected chi connectivity index (χ3v) is 4.08. The summed E-state index contributed by atoms with van der Waals surface area (Å²) in [6.07, 6.45) is -4.51. The van der Waals surface area contributed by atoms with Crippen molar-refractivity contribution in [3.8, 4) is 0 Å². The lowest BCUT2D eigenvalue weighted by molar-refractivity contribution is -0.137. The fourth-order valence-electron chi connectivity index (χ4n) is 2.52. The highest BCUT2D eigenvalue weighted by Gasteiger charge is 2.37. The first-order valence-electron chi connectivity index (χ1n) is 7.09. The Hall–Kier alpha value is -2.48. The number of benzene rings is 2. The van der Waals surface area contributed by atoms with Gasteiger partial charge in [0, 0.05) is 17.0 Å². The fraction of sp³-hybridized carbons (Fsp3) is 0.118. The number of imide groups is 1.